The molecule has 3 aromatic rings. The molecule has 184 valence electrons. The minimum absolute atomic E-state index is 0.00502. The lowest BCUT2D eigenvalue weighted by Crippen LogP contribution is -2.13. The summed E-state index contributed by atoms with van der Waals surface area (Å²) >= 11 is 8.17. The molecular weight excluding hydrogens is 486 g/mol. The van der Waals surface area contributed by atoms with Gasteiger partial charge in [0, 0.05) is 29.3 Å². The number of carbonyl (C=O) groups excluding carboxylic acids is 2. The lowest BCUT2D eigenvalue weighted by atomic mass is 10.1. The van der Waals surface area contributed by atoms with Gasteiger partial charge in [-0.2, -0.15) is 11.8 Å². The van der Waals surface area contributed by atoms with Crippen LogP contribution in [0.3, 0.4) is 0 Å². The van der Waals surface area contributed by atoms with Crippen molar-refractivity contribution in [1.82, 2.24) is 4.98 Å². The molecule has 0 unspecified atom stereocenters. The number of ketones is 2. The Kier molecular flexibility index (Phi) is 8.52. The van der Waals surface area contributed by atoms with Crippen molar-refractivity contribution in [2.24, 2.45) is 0 Å². The molecule has 1 aliphatic rings. The van der Waals surface area contributed by atoms with Gasteiger partial charge in [0.15, 0.2) is 11.5 Å². The van der Waals surface area contributed by atoms with Gasteiger partial charge in [-0.1, -0.05) is 30.5 Å². The SMILES string of the molecule is COc1cc2nccc(Oc3ccc(CC(=O)CC(=O)CSC4CCCC4)cc3Cl)c2cc1OC. The zero-order valence-electron chi connectivity index (χ0n) is 19.8. The number of nitrogens with zero attached hydrogens (tertiary/aromatic N) is 1. The summed E-state index contributed by atoms with van der Waals surface area (Å²) in [5.74, 6) is 2.46. The van der Waals surface area contributed by atoms with Crippen LogP contribution in [-0.2, 0) is 16.0 Å². The molecule has 2 aromatic carbocycles. The summed E-state index contributed by atoms with van der Waals surface area (Å²) in [6, 6.07) is 10.6. The van der Waals surface area contributed by atoms with Gasteiger partial charge < -0.3 is 14.2 Å². The van der Waals surface area contributed by atoms with Gasteiger partial charge in [-0.3, -0.25) is 14.6 Å². The Bertz CT molecular complexity index is 1230. The van der Waals surface area contributed by atoms with Gasteiger partial charge in [0.25, 0.3) is 0 Å². The maximum Gasteiger partial charge on any atom is 0.162 e. The lowest BCUT2D eigenvalue weighted by molar-refractivity contribution is -0.125. The lowest BCUT2D eigenvalue weighted by Gasteiger charge is -2.13. The molecule has 1 aromatic heterocycles. The monoisotopic (exact) mass is 513 g/mol. The number of ether oxygens (including phenoxy) is 3. The number of rotatable bonds is 11. The molecule has 0 bridgehead atoms. The summed E-state index contributed by atoms with van der Waals surface area (Å²) in [6.07, 6.45) is 6.61. The molecule has 6 nitrogen and oxygen atoms in total. The van der Waals surface area contributed by atoms with Crippen molar-refractivity contribution in [3.05, 3.63) is 53.2 Å². The van der Waals surface area contributed by atoms with E-state index in [4.69, 9.17) is 25.8 Å². The molecule has 0 saturated heterocycles. The van der Waals surface area contributed by atoms with E-state index in [1.807, 2.05) is 0 Å². The second kappa shape index (κ2) is 11.8. The largest absolute Gasteiger partial charge is 0.493 e. The summed E-state index contributed by atoms with van der Waals surface area (Å²) in [5, 5.41) is 1.69. The predicted octanol–water partition coefficient (Wildman–Crippen LogP) is 6.44. The third-order valence-corrected chi connectivity index (χ3v) is 7.73. The van der Waals surface area contributed by atoms with Crippen molar-refractivity contribution in [3.63, 3.8) is 0 Å². The Balaban J connectivity index is 1.40. The van der Waals surface area contributed by atoms with E-state index in [-0.39, 0.29) is 24.4 Å². The highest BCUT2D eigenvalue weighted by molar-refractivity contribution is 8.00. The van der Waals surface area contributed by atoms with Crippen molar-refractivity contribution in [2.75, 3.05) is 20.0 Å². The molecule has 0 amide bonds. The van der Waals surface area contributed by atoms with Crippen LogP contribution in [0.5, 0.6) is 23.0 Å². The van der Waals surface area contributed by atoms with Crippen molar-refractivity contribution in [3.8, 4) is 23.0 Å². The first-order chi connectivity index (χ1) is 17.0. The van der Waals surface area contributed by atoms with Crippen LogP contribution in [0.25, 0.3) is 10.9 Å². The minimum Gasteiger partial charge on any atom is -0.493 e. The van der Waals surface area contributed by atoms with Gasteiger partial charge in [-0.25, -0.2) is 0 Å². The maximum atomic E-state index is 12.4. The molecule has 4 rings (SSSR count). The van der Waals surface area contributed by atoms with Gasteiger partial charge in [-0.05, 0) is 42.7 Å². The van der Waals surface area contributed by atoms with Crippen LogP contribution in [0, 0.1) is 0 Å². The zero-order valence-corrected chi connectivity index (χ0v) is 21.4. The fraction of sp³-hybridized carbons (Fsp3) is 0.370. The molecule has 1 saturated carbocycles. The number of hydrogen-bond donors (Lipinski definition) is 0. The first-order valence-corrected chi connectivity index (χ1v) is 13.0. The number of hydrogen-bond acceptors (Lipinski definition) is 7. The van der Waals surface area contributed by atoms with Crippen LogP contribution in [0.15, 0.2) is 42.6 Å². The third-order valence-electron chi connectivity index (χ3n) is 6.00. The molecule has 0 atom stereocenters. The van der Waals surface area contributed by atoms with Crippen molar-refractivity contribution in [1.29, 1.82) is 0 Å². The number of benzene rings is 2. The van der Waals surface area contributed by atoms with E-state index >= 15 is 0 Å². The second-order valence-electron chi connectivity index (χ2n) is 8.55. The van der Waals surface area contributed by atoms with Crippen LogP contribution >= 0.6 is 23.4 Å². The van der Waals surface area contributed by atoms with Crippen LogP contribution < -0.4 is 14.2 Å². The van der Waals surface area contributed by atoms with E-state index in [1.165, 1.54) is 25.7 Å². The van der Waals surface area contributed by atoms with Crippen molar-refractivity contribution in [2.45, 2.75) is 43.8 Å². The summed E-state index contributed by atoms with van der Waals surface area (Å²) in [6.45, 7) is 0. The summed E-state index contributed by atoms with van der Waals surface area (Å²) in [5.41, 5.74) is 1.43. The Labute approximate surface area is 214 Å². The number of Topliss-reactive ketones (excluding diaryl/α,β-unsaturated/α-hetero) is 2. The molecular formula is C27H28ClNO5S. The number of pyridine rings is 1. The molecule has 0 N–H and O–H groups in total. The molecule has 8 heteroatoms. The van der Waals surface area contributed by atoms with E-state index in [1.54, 1.807) is 68.6 Å². The average Bonchev–Trinajstić information content (AvgIpc) is 3.37. The summed E-state index contributed by atoms with van der Waals surface area (Å²) in [7, 11) is 3.14. The van der Waals surface area contributed by atoms with Crippen LogP contribution in [0.2, 0.25) is 5.02 Å². The smallest absolute Gasteiger partial charge is 0.162 e. The third kappa shape index (κ3) is 6.47. The highest BCUT2D eigenvalue weighted by atomic mass is 35.5. The minimum atomic E-state index is -0.104. The fourth-order valence-corrected chi connectivity index (χ4v) is 5.65. The quantitative estimate of drug-likeness (QED) is 0.273. The molecule has 1 heterocycles. The fourth-order valence-electron chi connectivity index (χ4n) is 4.22. The maximum absolute atomic E-state index is 12.4. The van der Waals surface area contributed by atoms with Crippen molar-refractivity contribution < 1.29 is 23.8 Å². The Morgan fingerprint density at radius 3 is 2.43 bits per heavy atom. The highest BCUT2D eigenvalue weighted by Crippen LogP contribution is 2.38. The number of fused-ring (bicyclic) bond motifs is 1. The van der Waals surface area contributed by atoms with Crippen LogP contribution in [0.4, 0.5) is 0 Å². The number of methoxy groups -OCH3 is 2. The van der Waals surface area contributed by atoms with E-state index in [9.17, 15) is 9.59 Å². The van der Waals surface area contributed by atoms with Crippen molar-refractivity contribution >= 4 is 45.8 Å². The predicted molar refractivity (Wildman–Crippen MR) is 139 cm³/mol. The highest BCUT2D eigenvalue weighted by Gasteiger charge is 2.18. The molecule has 0 spiro atoms. The van der Waals surface area contributed by atoms with Gasteiger partial charge in [-0.15, -0.1) is 0 Å². The number of halogens is 1. The molecule has 1 aliphatic carbocycles. The van der Waals surface area contributed by atoms with Gasteiger partial charge in [0.1, 0.15) is 23.1 Å². The topological polar surface area (TPSA) is 74.7 Å². The van der Waals surface area contributed by atoms with Gasteiger partial charge in [0.05, 0.1) is 36.9 Å². The van der Waals surface area contributed by atoms with E-state index < -0.39 is 0 Å². The standard InChI is InChI=1S/C27H28ClNO5S/c1-32-26-14-21-23(15-27(26)33-2)29-10-9-24(21)34-25-8-7-17(12-22(25)28)11-18(30)13-19(31)16-35-20-5-3-4-6-20/h7-10,12,14-15,20H,3-6,11,13,16H2,1-2H3. The zero-order chi connectivity index (χ0) is 24.8. The molecule has 35 heavy (non-hydrogen) atoms. The summed E-state index contributed by atoms with van der Waals surface area (Å²) < 4.78 is 16.8. The van der Waals surface area contributed by atoms with E-state index in [2.05, 4.69) is 4.98 Å². The number of thioether (sulfide) groups is 1. The van der Waals surface area contributed by atoms with Crippen LogP contribution in [0.1, 0.15) is 37.7 Å². The van der Waals surface area contributed by atoms with E-state index in [0.717, 1.165) is 10.9 Å². The number of aromatic nitrogens is 1. The normalized spacial score (nSPS) is 13.7. The van der Waals surface area contributed by atoms with E-state index in [0.29, 0.717) is 44.5 Å². The second-order valence-corrected chi connectivity index (χ2v) is 10.2. The number of carbonyl (C=O) groups is 2. The molecule has 0 radical (unpaired) electrons. The first-order valence-electron chi connectivity index (χ1n) is 11.6. The molecule has 1 fully saturated rings. The van der Waals surface area contributed by atoms with Gasteiger partial charge in [0.2, 0.25) is 0 Å². The van der Waals surface area contributed by atoms with Gasteiger partial charge >= 0.3 is 0 Å². The molecule has 0 aliphatic heterocycles. The summed E-state index contributed by atoms with van der Waals surface area (Å²) in [4.78, 5) is 29.0. The Morgan fingerprint density at radius 2 is 1.71 bits per heavy atom. The Morgan fingerprint density at radius 1 is 0.971 bits per heavy atom. The first kappa shape index (κ1) is 25.3. The Hall–Kier alpha value is -2.77. The van der Waals surface area contributed by atoms with Crippen LogP contribution in [-0.4, -0.2) is 41.8 Å². The average molecular weight is 514 g/mol.